The molecule has 0 fully saturated rings. The molecule has 0 aliphatic heterocycles. The second-order valence-corrected chi connectivity index (χ2v) is 5.38. The van der Waals surface area contributed by atoms with Crippen molar-refractivity contribution < 1.29 is 12.8 Å². The van der Waals surface area contributed by atoms with E-state index in [0.717, 1.165) is 6.26 Å². The van der Waals surface area contributed by atoms with Gasteiger partial charge in [0.15, 0.2) is 9.84 Å². The summed E-state index contributed by atoms with van der Waals surface area (Å²) in [6, 6.07) is 4.11. The largest absolute Gasteiger partial charge is 0.326 e. The Bertz CT molecular complexity index is 428. The molecule has 0 bridgehead atoms. The quantitative estimate of drug-likeness (QED) is 0.815. The Labute approximate surface area is 82.7 Å². The number of rotatable bonds is 3. The third-order valence-electron chi connectivity index (χ3n) is 1.68. The van der Waals surface area contributed by atoms with Crippen molar-refractivity contribution in [2.24, 2.45) is 5.73 Å². The van der Waals surface area contributed by atoms with Crippen LogP contribution in [-0.4, -0.2) is 14.7 Å². The van der Waals surface area contributed by atoms with Crippen LogP contribution >= 0.6 is 0 Å². The van der Waals surface area contributed by atoms with Gasteiger partial charge in [-0.15, -0.1) is 0 Å². The van der Waals surface area contributed by atoms with Gasteiger partial charge in [0.2, 0.25) is 0 Å². The Kier molecular flexibility index (Phi) is 3.23. The lowest BCUT2D eigenvalue weighted by atomic mass is 10.1. The summed E-state index contributed by atoms with van der Waals surface area (Å²) < 4.78 is 34.9. The summed E-state index contributed by atoms with van der Waals surface area (Å²) in [4.78, 5) is 0. The van der Waals surface area contributed by atoms with Crippen LogP contribution in [0.4, 0.5) is 4.39 Å². The molecule has 0 spiro atoms. The van der Waals surface area contributed by atoms with Gasteiger partial charge in [0.1, 0.15) is 5.82 Å². The number of halogens is 1. The fourth-order valence-electron chi connectivity index (χ4n) is 1.22. The van der Waals surface area contributed by atoms with Crippen LogP contribution in [-0.2, 0) is 22.1 Å². The third-order valence-corrected chi connectivity index (χ3v) is 2.54. The van der Waals surface area contributed by atoms with Crippen molar-refractivity contribution in [2.45, 2.75) is 12.3 Å². The zero-order valence-corrected chi connectivity index (χ0v) is 8.64. The van der Waals surface area contributed by atoms with Gasteiger partial charge in [0.05, 0.1) is 5.75 Å². The van der Waals surface area contributed by atoms with Gasteiger partial charge in [-0.05, 0) is 23.3 Å². The molecule has 0 saturated carbocycles. The smallest absolute Gasteiger partial charge is 0.151 e. The average Bonchev–Trinajstić information content (AvgIpc) is 1.99. The fourth-order valence-corrected chi connectivity index (χ4v) is 1.99. The summed E-state index contributed by atoms with van der Waals surface area (Å²) >= 11 is 0. The first kappa shape index (κ1) is 11.1. The van der Waals surface area contributed by atoms with Gasteiger partial charge in [-0.1, -0.05) is 6.07 Å². The van der Waals surface area contributed by atoms with E-state index in [1.165, 1.54) is 12.1 Å². The van der Waals surface area contributed by atoms with Crippen molar-refractivity contribution >= 4 is 9.84 Å². The molecular formula is C9H12FNO2S. The van der Waals surface area contributed by atoms with Gasteiger partial charge in [-0.2, -0.15) is 0 Å². The van der Waals surface area contributed by atoms with Crippen LogP contribution < -0.4 is 5.73 Å². The van der Waals surface area contributed by atoms with E-state index in [9.17, 15) is 12.8 Å². The monoisotopic (exact) mass is 217 g/mol. The Morgan fingerprint density at radius 3 is 2.36 bits per heavy atom. The summed E-state index contributed by atoms with van der Waals surface area (Å²) in [5.41, 5.74) is 6.37. The first-order chi connectivity index (χ1) is 6.40. The number of hydrogen-bond donors (Lipinski definition) is 1. The van der Waals surface area contributed by atoms with Gasteiger partial charge < -0.3 is 5.73 Å². The topological polar surface area (TPSA) is 60.2 Å². The van der Waals surface area contributed by atoms with E-state index in [0.29, 0.717) is 11.1 Å². The molecule has 0 saturated heterocycles. The van der Waals surface area contributed by atoms with Crippen molar-refractivity contribution in [3.8, 4) is 0 Å². The molecule has 0 aliphatic rings. The van der Waals surface area contributed by atoms with Crippen LogP contribution in [0.2, 0.25) is 0 Å². The Hall–Kier alpha value is -0.940. The average molecular weight is 217 g/mol. The highest BCUT2D eigenvalue weighted by Crippen LogP contribution is 2.11. The molecule has 0 atom stereocenters. The Morgan fingerprint density at radius 1 is 1.29 bits per heavy atom. The van der Waals surface area contributed by atoms with Gasteiger partial charge in [-0.25, -0.2) is 12.8 Å². The number of nitrogens with two attached hydrogens (primary N) is 1. The lowest BCUT2D eigenvalue weighted by molar-refractivity contribution is 0.600. The number of hydrogen-bond acceptors (Lipinski definition) is 3. The maximum absolute atomic E-state index is 12.9. The highest BCUT2D eigenvalue weighted by atomic mass is 32.2. The van der Waals surface area contributed by atoms with E-state index >= 15 is 0 Å². The molecule has 78 valence electrons. The van der Waals surface area contributed by atoms with E-state index < -0.39 is 15.7 Å². The second kappa shape index (κ2) is 4.06. The Morgan fingerprint density at radius 2 is 1.86 bits per heavy atom. The van der Waals surface area contributed by atoms with Crippen molar-refractivity contribution in [3.63, 3.8) is 0 Å². The first-order valence-corrected chi connectivity index (χ1v) is 6.13. The van der Waals surface area contributed by atoms with E-state index in [2.05, 4.69) is 0 Å². The molecule has 0 unspecified atom stereocenters. The van der Waals surface area contributed by atoms with E-state index in [1.54, 1.807) is 6.07 Å². The summed E-state index contributed by atoms with van der Waals surface area (Å²) in [6.45, 7) is 0.203. The highest BCUT2D eigenvalue weighted by molar-refractivity contribution is 7.89. The number of sulfone groups is 1. The predicted octanol–water partition coefficient (Wildman–Crippen LogP) is 0.829. The fraction of sp³-hybridized carbons (Fsp3) is 0.333. The molecule has 0 radical (unpaired) electrons. The van der Waals surface area contributed by atoms with Crippen molar-refractivity contribution in [3.05, 3.63) is 35.1 Å². The number of benzene rings is 1. The van der Waals surface area contributed by atoms with Gasteiger partial charge in [-0.3, -0.25) is 0 Å². The van der Waals surface area contributed by atoms with Crippen LogP contribution in [0.15, 0.2) is 18.2 Å². The highest BCUT2D eigenvalue weighted by Gasteiger charge is 2.06. The maximum Gasteiger partial charge on any atom is 0.151 e. The molecule has 2 N–H and O–H groups in total. The third kappa shape index (κ3) is 3.43. The normalized spacial score (nSPS) is 11.6. The minimum Gasteiger partial charge on any atom is -0.326 e. The van der Waals surface area contributed by atoms with Crippen LogP contribution in [0.5, 0.6) is 0 Å². The molecule has 3 nitrogen and oxygen atoms in total. The lowest BCUT2D eigenvalue weighted by Crippen LogP contribution is -2.03. The molecule has 14 heavy (non-hydrogen) atoms. The molecule has 0 aromatic heterocycles. The SMILES string of the molecule is CS(=O)(=O)Cc1cc(F)cc(CN)c1. The summed E-state index contributed by atoms with van der Waals surface area (Å²) in [6.07, 6.45) is 1.11. The van der Waals surface area contributed by atoms with E-state index in [1.807, 2.05) is 0 Å². The van der Waals surface area contributed by atoms with Crippen LogP contribution in [0.25, 0.3) is 0 Å². The van der Waals surface area contributed by atoms with Gasteiger partial charge in [0.25, 0.3) is 0 Å². The molecule has 0 amide bonds. The van der Waals surface area contributed by atoms with Crippen molar-refractivity contribution in [1.29, 1.82) is 0 Å². The van der Waals surface area contributed by atoms with Gasteiger partial charge in [0, 0.05) is 12.8 Å². The van der Waals surface area contributed by atoms with E-state index in [-0.39, 0.29) is 12.3 Å². The van der Waals surface area contributed by atoms with E-state index in [4.69, 9.17) is 5.73 Å². The maximum atomic E-state index is 12.9. The summed E-state index contributed by atoms with van der Waals surface area (Å²) in [5.74, 6) is -0.607. The molecule has 5 heteroatoms. The summed E-state index contributed by atoms with van der Waals surface area (Å²) in [7, 11) is -3.13. The molecule has 1 aromatic rings. The zero-order valence-electron chi connectivity index (χ0n) is 7.83. The Balaban J connectivity index is 3.04. The van der Waals surface area contributed by atoms with Gasteiger partial charge >= 0.3 is 0 Å². The predicted molar refractivity (Wildman–Crippen MR) is 52.8 cm³/mol. The first-order valence-electron chi connectivity index (χ1n) is 4.07. The molecule has 0 heterocycles. The second-order valence-electron chi connectivity index (χ2n) is 3.24. The zero-order chi connectivity index (χ0) is 10.8. The van der Waals surface area contributed by atoms with Crippen molar-refractivity contribution in [2.75, 3.05) is 6.26 Å². The standard InChI is InChI=1S/C9H12FNO2S/c1-14(12,13)6-8-2-7(5-11)3-9(10)4-8/h2-4H,5-6,11H2,1H3. The lowest BCUT2D eigenvalue weighted by Gasteiger charge is -2.03. The van der Waals surface area contributed by atoms with Crippen LogP contribution in [0.3, 0.4) is 0 Å². The minimum absolute atomic E-state index is 0.155. The molecule has 0 aliphatic carbocycles. The summed E-state index contributed by atoms with van der Waals surface area (Å²) in [5, 5.41) is 0. The molecule has 1 aromatic carbocycles. The van der Waals surface area contributed by atoms with Crippen LogP contribution in [0, 0.1) is 5.82 Å². The van der Waals surface area contributed by atoms with Crippen LogP contribution in [0.1, 0.15) is 11.1 Å². The molecule has 1 rings (SSSR count). The molecular weight excluding hydrogens is 205 g/mol. The minimum atomic E-state index is -3.13. The van der Waals surface area contributed by atoms with Crippen molar-refractivity contribution in [1.82, 2.24) is 0 Å².